The molecule has 4 rings (SSSR count). The average Bonchev–Trinajstić information content (AvgIpc) is 3.23. The molecule has 0 radical (unpaired) electrons. The summed E-state index contributed by atoms with van der Waals surface area (Å²) in [6, 6.07) is 17.0. The monoisotopic (exact) mass is 509 g/mol. The molecule has 0 aliphatic carbocycles. The van der Waals surface area contributed by atoms with Crippen LogP contribution in [-0.4, -0.2) is 45.0 Å². The highest BCUT2D eigenvalue weighted by Gasteiger charge is 2.21. The summed E-state index contributed by atoms with van der Waals surface area (Å²) in [6.45, 7) is 0. The average molecular weight is 510 g/mol. The largest absolute Gasteiger partial charge is 0.378 e. The Bertz CT molecular complexity index is 1200. The molecule has 0 spiro atoms. The summed E-state index contributed by atoms with van der Waals surface area (Å²) in [6.07, 6.45) is 3.37. The first-order valence-electron chi connectivity index (χ1n) is 9.70. The Morgan fingerprint density at radius 3 is 2.41 bits per heavy atom. The molecule has 1 N–H and O–H groups in total. The minimum Gasteiger partial charge on any atom is -0.378 e. The van der Waals surface area contributed by atoms with Crippen molar-refractivity contribution in [2.24, 2.45) is 0 Å². The lowest BCUT2D eigenvalue weighted by atomic mass is 10.2. The number of anilines is 2. The van der Waals surface area contributed by atoms with Crippen molar-refractivity contribution in [3.63, 3.8) is 0 Å². The van der Waals surface area contributed by atoms with Crippen LogP contribution in [0.25, 0.3) is 5.69 Å². The van der Waals surface area contributed by atoms with Crippen LogP contribution in [0.4, 0.5) is 11.4 Å². The Morgan fingerprint density at radius 2 is 1.75 bits per heavy atom. The van der Waals surface area contributed by atoms with Crippen molar-refractivity contribution < 1.29 is 4.79 Å². The van der Waals surface area contributed by atoms with Crippen molar-refractivity contribution in [2.45, 2.75) is 10.9 Å². The Kier molecular flexibility index (Phi) is 6.81. The third-order valence-corrected chi connectivity index (χ3v) is 5.99. The topological polar surface area (TPSA) is 88.8 Å². The predicted octanol–water partition coefficient (Wildman–Crippen LogP) is 4.43. The molecule has 0 saturated carbocycles. The lowest BCUT2D eigenvalue weighted by Gasteiger charge is -2.13. The molecule has 0 atom stereocenters. The summed E-state index contributed by atoms with van der Waals surface area (Å²) < 4.78 is 2.63. The van der Waals surface area contributed by atoms with Crippen molar-refractivity contribution >= 4 is 45.0 Å². The highest BCUT2D eigenvalue weighted by atomic mass is 79.9. The van der Waals surface area contributed by atoms with E-state index in [-0.39, 0.29) is 11.6 Å². The van der Waals surface area contributed by atoms with E-state index in [2.05, 4.69) is 41.5 Å². The van der Waals surface area contributed by atoms with Crippen molar-refractivity contribution in [2.75, 3.05) is 24.3 Å². The number of nitrogens with one attached hydrogen (secondary N) is 1. The molecule has 1 amide bonds. The Balaban J connectivity index is 1.62. The maximum atomic E-state index is 13.1. The second kappa shape index (κ2) is 9.92. The zero-order valence-electron chi connectivity index (χ0n) is 17.4. The standard InChI is InChI=1S/C22H20BrN7OS/c1-29(2)17-10-6-16(7-11-17)26-21(31)20-19(14-32-22-24-12-3-13-25-22)30(28-27-20)18-8-4-15(23)5-9-18/h3-13H,14H2,1-2H3,(H,26,31). The maximum Gasteiger partial charge on any atom is 0.278 e. The molecule has 0 aliphatic rings. The molecule has 162 valence electrons. The number of hydrogen-bond acceptors (Lipinski definition) is 7. The van der Waals surface area contributed by atoms with Gasteiger partial charge in [-0.3, -0.25) is 4.79 Å². The van der Waals surface area contributed by atoms with E-state index in [0.717, 1.165) is 15.8 Å². The van der Waals surface area contributed by atoms with E-state index in [9.17, 15) is 4.79 Å². The normalized spacial score (nSPS) is 10.7. The van der Waals surface area contributed by atoms with Crippen molar-refractivity contribution in [1.82, 2.24) is 25.0 Å². The van der Waals surface area contributed by atoms with Crippen LogP contribution in [0.5, 0.6) is 0 Å². The van der Waals surface area contributed by atoms with E-state index in [0.29, 0.717) is 22.3 Å². The van der Waals surface area contributed by atoms with Gasteiger partial charge < -0.3 is 10.2 Å². The van der Waals surface area contributed by atoms with E-state index in [1.165, 1.54) is 11.8 Å². The fourth-order valence-corrected chi connectivity index (χ4v) is 3.98. The van der Waals surface area contributed by atoms with Gasteiger partial charge in [0, 0.05) is 48.1 Å². The molecule has 2 heterocycles. The van der Waals surface area contributed by atoms with Gasteiger partial charge >= 0.3 is 0 Å². The molecule has 2 aromatic carbocycles. The number of aromatic nitrogens is 5. The second-order valence-electron chi connectivity index (χ2n) is 6.99. The van der Waals surface area contributed by atoms with Crippen LogP contribution < -0.4 is 10.2 Å². The van der Waals surface area contributed by atoms with Gasteiger partial charge in [0.05, 0.1) is 11.4 Å². The molecular weight excluding hydrogens is 490 g/mol. The molecular formula is C22H20BrN7OS. The predicted molar refractivity (Wildman–Crippen MR) is 129 cm³/mol. The van der Waals surface area contributed by atoms with Gasteiger partial charge in [-0.05, 0) is 54.6 Å². The molecule has 10 heteroatoms. The number of carbonyl (C=O) groups is 1. The number of hydrogen-bond donors (Lipinski definition) is 1. The highest BCUT2D eigenvalue weighted by Crippen LogP contribution is 2.24. The summed E-state index contributed by atoms with van der Waals surface area (Å²) in [5.41, 5.74) is 3.45. The fourth-order valence-electron chi connectivity index (χ4n) is 2.92. The van der Waals surface area contributed by atoms with Crippen LogP contribution in [0.1, 0.15) is 16.2 Å². The minimum atomic E-state index is -0.324. The second-order valence-corrected chi connectivity index (χ2v) is 8.85. The smallest absolute Gasteiger partial charge is 0.278 e. The minimum absolute atomic E-state index is 0.257. The molecule has 0 saturated heterocycles. The third-order valence-electron chi connectivity index (χ3n) is 4.57. The van der Waals surface area contributed by atoms with Crippen LogP contribution in [0, 0.1) is 0 Å². The van der Waals surface area contributed by atoms with E-state index in [1.807, 2.05) is 67.5 Å². The third kappa shape index (κ3) is 5.14. The lowest BCUT2D eigenvalue weighted by Crippen LogP contribution is -2.15. The molecule has 0 unspecified atom stereocenters. The van der Waals surface area contributed by atoms with E-state index >= 15 is 0 Å². The Morgan fingerprint density at radius 1 is 1.06 bits per heavy atom. The van der Waals surface area contributed by atoms with Gasteiger partial charge in [-0.25, -0.2) is 14.6 Å². The van der Waals surface area contributed by atoms with Crippen LogP contribution in [-0.2, 0) is 5.75 Å². The van der Waals surface area contributed by atoms with E-state index in [1.54, 1.807) is 23.1 Å². The first-order valence-corrected chi connectivity index (χ1v) is 11.5. The zero-order valence-corrected chi connectivity index (χ0v) is 19.8. The molecule has 32 heavy (non-hydrogen) atoms. The van der Waals surface area contributed by atoms with Gasteiger partial charge in [0.1, 0.15) is 0 Å². The van der Waals surface area contributed by atoms with Crippen LogP contribution in [0.15, 0.2) is 76.6 Å². The molecule has 2 aromatic heterocycles. The Hall–Kier alpha value is -3.24. The number of amides is 1. The van der Waals surface area contributed by atoms with Crippen LogP contribution >= 0.6 is 27.7 Å². The lowest BCUT2D eigenvalue weighted by molar-refractivity contribution is 0.102. The number of rotatable bonds is 7. The van der Waals surface area contributed by atoms with Gasteiger partial charge in [-0.2, -0.15) is 0 Å². The zero-order chi connectivity index (χ0) is 22.5. The number of nitrogens with zero attached hydrogens (tertiary/aromatic N) is 6. The molecule has 0 fully saturated rings. The summed E-state index contributed by atoms with van der Waals surface area (Å²) in [4.78, 5) is 23.6. The first-order chi connectivity index (χ1) is 15.5. The van der Waals surface area contributed by atoms with Gasteiger partial charge in [-0.1, -0.05) is 32.9 Å². The molecule has 0 bridgehead atoms. The summed E-state index contributed by atoms with van der Waals surface area (Å²) in [7, 11) is 3.93. The molecule has 8 nitrogen and oxygen atoms in total. The number of halogens is 1. The maximum absolute atomic E-state index is 13.1. The molecule has 4 aromatic rings. The Labute approximate surface area is 198 Å². The van der Waals surface area contributed by atoms with E-state index < -0.39 is 0 Å². The first kappa shape index (κ1) is 22.0. The van der Waals surface area contributed by atoms with Gasteiger partial charge in [0.25, 0.3) is 5.91 Å². The summed E-state index contributed by atoms with van der Waals surface area (Å²) in [5, 5.41) is 12.0. The fraction of sp³-hybridized carbons (Fsp3) is 0.136. The number of thioether (sulfide) groups is 1. The van der Waals surface area contributed by atoms with Crippen molar-refractivity contribution in [3.05, 3.63) is 82.9 Å². The summed E-state index contributed by atoms with van der Waals surface area (Å²) in [5.74, 6) is 0.102. The van der Waals surface area contributed by atoms with Crippen molar-refractivity contribution in [3.8, 4) is 5.69 Å². The quantitative estimate of drug-likeness (QED) is 0.291. The number of carbonyl (C=O) groups excluding carboxylic acids is 1. The number of benzene rings is 2. The van der Waals surface area contributed by atoms with E-state index in [4.69, 9.17) is 0 Å². The summed E-state index contributed by atoms with van der Waals surface area (Å²) >= 11 is 4.86. The van der Waals surface area contributed by atoms with Gasteiger partial charge in [0.2, 0.25) is 0 Å². The highest BCUT2D eigenvalue weighted by molar-refractivity contribution is 9.10. The SMILES string of the molecule is CN(C)c1ccc(NC(=O)c2nnn(-c3ccc(Br)cc3)c2CSc2ncccn2)cc1. The van der Waals surface area contributed by atoms with Crippen LogP contribution in [0.2, 0.25) is 0 Å². The van der Waals surface area contributed by atoms with Gasteiger partial charge in [-0.15, -0.1) is 5.10 Å². The van der Waals surface area contributed by atoms with Crippen LogP contribution in [0.3, 0.4) is 0 Å². The van der Waals surface area contributed by atoms with Gasteiger partial charge in [0.15, 0.2) is 10.9 Å². The van der Waals surface area contributed by atoms with Crippen molar-refractivity contribution in [1.29, 1.82) is 0 Å². The molecule has 0 aliphatic heterocycles.